The molecule has 0 saturated carbocycles. The van der Waals surface area contributed by atoms with Crippen molar-refractivity contribution in [3.8, 4) is 11.8 Å². The maximum absolute atomic E-state index is 13.1. The van der Waals surface area contributed by atoms with Crippen LogP contribution in [0.4, 0.5) is 52.7 Å². The number of carbonyl (C=O) groups excluding carboxylic acids is 1. The molecule has 1 N–H and O–H groups in total. The number of aromatic amines is 1. The van der Waals surface area contributed by atoms with Gasteiger partial charge < -0.3 is 0 Å². The fourth-order valence-electron chi connectivity index (χ4n) is 2.94. The van der Waals surface area contributed by atoms with E-state index in [1.54, 1.807) is 5.10 Å². The Hall–Kier alpha value is -4.37. The summed E-state index contributed by atoms with van der Waals surface area (Å²) in [6, 6.07) is 0.592. The van der Waals surface area contributed by atoms with Crippen LogP contribution in [0.1, 0.15) is 44.4 Å². The lowest BCUT2D eigenvalue weighted by Gasteiger charge is -2.13. The molecule has 0 radical (unpaired) electrons. The molecule has 202 valence electrons. The highest BCUT2D eigenvalue weighted by atomic mass is 19.4. The molecule has 3 heterocycles. The Bertz CT molecular complexity index is 1450. The van der Waals surface area contributed by atoms with Gasteiger partial charge in [0.05, 0.1) is 5.69 Å². The number of rotatable bonds is 3. The minimum Gasteiger partial charge on any atom is -0.288 e. The van der Waals surface area contributed by atoms with Gasteiger partial charge in [0.1, 0.15) is 40.1 Å². The molecule has 0 aliphatic carbocycles. The molecular formula is C19H5F12N5O2. The zero-order chi connectivity index (χ0) is 29.0. The summed E-state index contributed by atoms with van der Waals surface area (Å²) in [5.41, 5.74) is -16.0. The second-order valence-corrected chi connectivity index (χ2v) is 7.16. The molecule has 3 aromatic heterocycles. The van der Waals surface area contributed by atoms with Crippen LogP contribution in [-0.2, 0) is 24.7 Å². The third-order valence-electron chi connectivity index (χ3n) is 4.55. The van der Waals surface area contributed by atoms with Crippen molar-refractivity contribution in [2.75, 3.05) is 0 Å². The first-order valence-corrected chi connectivity index (χ1v) is 9.27. The lowest BCUT2D eigenvalue weighted by molar-refractivity contribution is -0.151. The van der Waals surface area contributed by atoms with Gasteiger partial charge in [0.25, 0.3) is 5.56 Å². The third kappa shape index (κ3) is 5.47. The van der Waals surface area contributed by atoms with E-state index in [2.05, 4.69) is 9.97 Å². The lowest BCUT2D eigenvalue weighted by atomic mass is 10.0. The van der Waals surface area contributed by atoms with Crippen LogP contribution in [0.15, 0.2) is 29.1 Å². The molecule has 0 atom stereocenters. The monoisotopic (exact) mass is 563 g/mol. The van der Waals surface area contributed by atoms with E-state index in [1.165, 1.54) is 0 Å². The highest BCUT2D eigenvalue weighted by molar-refractivity contribution is 6.10. The quantitative estimate of drug-likeness (QED) is 0.352. The Kier molecular flexibility index (Phi) is 6.59. The van der Waals surface area contributed by atoms with Crippen LogP contribution in [-0.4, -0.2) is 25.5 Å². The molecule has 0 unspecified atom stereocenters. The lowest BCUT2D eigenvalue weighted by Crippen LogP contribution is -2.24. The Labute approximate surface area is 199 Å². The number of pyridine rings is 2. The van der Waals surface area contributed by atoms with Gasteiger partial charge in [0, 0.05) is 5.56 Å². The van der Waals surface area contributed by atoms with Gasteiger partial charge in [0.2, 0.25) is 5.78 Å². The number of nitrogens with one attached hydrogen (secondary N) is 1. The van der Waals surface area contributed by atoms with E-state index in [-0.39, 0.29) is 28.9 Å². The van der Waals surface area contributed by atoms with Gasteiger partial charge in [-0.3, -0.25) is 14.7 Å². The SMILES string of the molecule is N#Cc1[nH]n(-c2cc(C(F)(F)F)nc(C(F)(F)F)c2)c(=O)c1C(=O)c1cc(C(F)(F)F)nc(C(F)(F)F)c1. The van der Waals surface area contributed by atoms with Crippen LogP contribution in [0.5, 0.6) is 0 Å². The Balaban J connectivity index is 2.29. The van der Waals surface area contributed by atoms with E-state index in [1.807, 2.05) is 0 Å². The minimum atomic E-state index is -5.52. The van der Waals surface area contributed by atoms with Gasteiger partial charge in [-0.05, 0) is 24.3 Å². The second kappa shape index (κ2) is 8.88. The van der Waals surface area contributed by atoms with E-state index in [0.717, 1.165) is 6.07 Å². The van der Waals surface area contributed by atoms with Crippen molar-refractivity contribution in [2.45, 2.75) is 24.7 Å². The van der Waals surface area contributed by atoms with Crippen LogP contribution in [0.3, 0.4) is 0 Å². The van der Waals surface area contributed by atoms with Crippen molar-refractivity contribution in [2.24, 2.45) is 0 Å². The number of carbonyl (C=O) groups is 1. The molecule has 19 heteroatoms. The Morgan fingerprint density at radius 2 is 1.11 bits per heavy atom. The van der Waals surface area contributed by atoms with Crippen LogP contribution in [0.2, 0.25) is 0 Å². The average molecular weight is 563 g/mol. The zero-order valence-electron chi connectivity index (χ0n) is 17.5. The van der Waals surface area contributed by atoms with Crippen LogP contribution in [0, 0.1) is 11.3 Å². The fraction of sp³-hybridized carbons (Fsp3) is 0.211. The molecule has 0 bridgehead atoms. The smallest absolute Gasteiger partial charge is 0.288 e. The van der Waals surface area contributed by atoms with E-state index >= 15 is 0 Å². The van der Waals surface area contributed by atoms with E-state index in [4.69, 9.17) is 0 Å². The molecule has 0 saturated heterocycles. The third-order valence-corrected chi connectivity index (χ3v) is 4.55. The highest BCUT2D eigenvalue weighted by Gasteiger charge is 2.41. The number of halogens is 12. The molecular weight excluding hydrogens is 558 g/mol. The summed E-state index contributed by atoms with van der Waals surface area (Å²) >= 11 is 0. The van der Waals surface area contributed by atoms with Gasteiger partial charge in [-0.2, -0.15) is 57.9 Å². The average Bonchev–Trinajstić information content (AvgIpc) is 3.11. The molecule has 38 heavy (non-hydrogen) atoms. The molecule has 3 aromatic rings. The first-order valence-electron chi connectivity index (χ1n) is 9.27. The number of aromatic nitrogens is 4. The number of hydrogen-bond donors (Lipinski definition) is 1. The molecule has 3 rings (SSSR count). The van der Waals surface area contributed by atoms with E-state index < -0.39 is 81.3 Å². The molecule has 0 amide bonds. The van der Waals surface area contributed by atoms with Crippen LogP contribution >= 0.6 is 0 Å². The number of hydrogen-bond acceptors (Lipinski definition) is 5. The van der Waals surface area contributed by atoms with Crippen molar-refractivity contribution >= 4 is 5.78 Å². The first-order chi connectivity index (χ1) is 17.1. The van der Waals surface area contributed by atoms with Gasteiger partial charge >= 0.3 is 24.7 Å². The predicted octanol–water partition coefficient (Wildman–Crippen LogP) is 5.13. The van der Waals surface area contributed by atoms with E-state index in [0.29, 0.717) is 0 Å². The highest BCUT2D eigenvalue weighted by Crippen LogP contribution is 2.36. The summed E-state index contributed by atoms with van der Waals surface area (Å²) in [5.74, 6) is -1.94. The summed E-state index contributed by atoms with van der Waals surface area (Å²) < 4.78 is 157. The van der Waals surface area contributed by atoms with Crippen molar-refractivity contribution in [1.29, 1.82) is 5.26 Å². The maximum Gasteiger partial charge on any atom is 0.433 e. The van der Waals surface area contributed by atoms with Crippen molar-refractivity contribution in [3.05, 3.63) is 74.2 Å². The van der Waals surface area contributed by atoms with Crippen molar-refractivity contribution in [3.63, 3.8) is 0 Å². The summed E-state index contributed by atoms with van der Waals surface area (Å²) in [4.78, 5) is 30.3. The number of alkyl halides is 12. The van der Waals surface area contributed by atoms with E-state index in [9.17, 15) is 67.5 Å². The topological polar surface area (TPSA) is 104 Å². The summed E-state index contributed by atoms with van der Waals surface area (Å²) in [6.45, 7) is 0. The van der Waals surface area contributed by atoms with Crippen molar-refractivity contribution in [1.82, 2.24) is 19.7 Å². The largest absolute Gasteiger partial charge is 0.433 e. The van der Waals surface area contributed by atoms with Crippen molar-refractivity contribution < 1.29 is 57.5 Å². The zero-order valence-corrected chi connectivity index (χ0v) is 17.5. The standard InChI is InChI=1S/C19H5F12N5O2/c20-16(21,22)9-1-6(2-10(33-9)17(23,24)25)14(37)13-8(5-32)35-36(15(13)38)7-3-11(18(26,27)28)34-12(4-7)19(29,30)31/h1-4,35H. The maximum atomic E-state index is 13.1. The molecule has 0 spiro atoms. The predicted molar refractivity (Wildman–Crippen MR) is 96.6 cm³/mol. The first kappa shape index (κ1) is 28.2. The van der Waals surface area contributed by atoms with Crippen LogP contribution < -0.4 is 5.56 Å². The fourth-order valence-corrected chi connectivity index (χ4v) is 2.94. The Morgan fingerprint density at radius 3 is 1.45 bits per heavy atom. The van der Waals surface area contributed by atoms with Crippen LogP contribution in [0.25, 0.3) is 5.69 Å². The van der Waals surface area contributed by atoms with Gasteiger partial charge in [-0.15, -0.1) is 0 Å². The number of H-pyrrole nitrogens is 1. The molecule has 7 nitrogen and oxygen atoms in total. The number of nitriles is 1. The van der Waals surface area contributed by atoms with Gasteiger partial charge in [0.15, 0.2) is 0 Å². The molecule has 0 aromatic carbocycles. The number of ketones is 1. The molecule has 0 aliphatic rings. The summed E-state index contributed by atoms with van der Waals surface area (Å²) in [6.07, 6.45) is -22.0. The molecule has 0 aliphatic heterocycles. The Morgan fingerprint density at radius 1 is 0.737 bits per heavy atom. The normalized spacial score (nSPS) is 12.9. The minimum absolute atomic E-state index is 0.0848. The summed E-state index contributed by atoms with van der Waals surface area (Å²) in [7, 11) is 0. The second-order valence-electron chi connectivity index (χ2n) is 7.16. The number of nitrogens with zero attached hydrogens (tertiary/aromatic N) is 4. The van der Waals surface area contributed by atoms with Gasteiger partial charge in [-0.25, -0.2) is 14.6 Å². The molecule has 0 fully saturated rings. The summed E-state index contributed by atoms with van der Waals surface area (Å²) in [5, 5.41) is 10.9. The van der Waals surface area contributed by atoms with Gasteiger partial charge in [-0.1, -0.05) is 0 Å².